The second-order valence-corrected chi connectivity index (χ2v) is 32.7. The van der Waals surface area contributed by atoms with Crippen molar-refractivity contribution in [2.75, 3.05) is 50.6 Å². The molecule has 30 heteroatoms. The van der Waals surface area contributed by atoms with E-state index in [4.69, 9.17) is 10.7 Å². The fourth-order valence-electron chi connectivity index (χ4n) is 17.0. The number of amides is 3. The van der Waals surface area contributed by atoms with Gasteiger partial charge in [0, 0.05) is 177 Å². The summed E-state index contributed by atoms with van der Waals surface area (Å²) in [7, 11) is 5.22. The van der Waals surface area contributed by atoms with E-state index in [0.717, 1.165) is 154 Å². The molecular weight excluding hydrogens is 1710 g/mol. The van der Waals surface area contributed by atoms with Crippen LogP contribution in [-0.4, -0.2) is 113 Å². The summed E-state index contributed by atoms with van der Waals surface area (Å²) in [5, 5.41) is 22.2. The number of nitrogens with zero attached hydrogens (tertiary/aromatic N) is 17. The number of nitrogens with one attached hydrogen (secondary N) is 1. The van der Waals surface area contributed by atoms with E-state index in [1.807, 2.05) is 90.1 Å². The largest absolute Gasteiger partial charge is 0.384 e. The summed E-state index contributed by atoms with van der Waals surface area (Å²) in [6.45, 7) is 10.1. The summed E-state index contributed by atoms with van der Waals surface area (Å²) in [4.78, 5) is 113. The lowest BCUT2D eigenvalue weighted by molar-refractivity contribution is 0.0286. The van der Waals surface area contributed by atoms with Crippen LogP contribution in [0.15, 0.2) is 149 Å². The lowest BCUT2D eigenvalue weighted by atomic mass is 9.98. The highest BCUT2D eigenvalue weighted by atomic mass is 127. The molecule has 11 aromatic rings. The van der Waals surface area contributed by atoms with Crippen LogP contribution in [0.5, 0.6) is 0 Å². The molecule has 11 aromatic heterocycles. The smallest absolute Gasteiger partial charge is 0.276 e. The van der Waals surface area contributed by atoms with Gasteiger partial charge in [-0.05, 0) is 251 Å². The molecule has 3 amide bonds. The monoisotopic (exact) mass is 1800 g/mol. The third-order valence-electron chi connectivity index (χ3n) is 22.7. The van der Waals surface area contributed by atoms with Gasteiger partial charge in [-0.3, -0.25) is 53.9 Å². The van der Waals surface area contributed by atoms with Crippen LogP contribution in [0.25, 0.3) is 22.3 Å². The lowest BCUT2D eigenvalue weighted by Crippen LogP contribution is -2.41. The molecule has 19 rings (SSSR count). The molecule has 0 atom stereocenters. The molecule has 0 saturated carbocycles. The quantitative estimate of drug-likeness (QED) is 0.0691. The van der Waals surface area contributed by atoms with Crippen LogP contribution in [0, 0.1) is 3.57 Å². The second kappa shape index (κ2) is 34.6. The van der Waals surface area contributed by atoms with Crippen molar-refractivity contribution in [2.24, 2.45) is 31.1 Å². The number of rotatable bonds is 11. The van der Waals surface area contributed by atoms with Crippen LogP contribution in [0.3, 0.4) is 0 Å². The Bertz CT molecular complexity index is 5920. The zero-order valence-corrected chi connectivity index (χ0v) is 70.9. The highest BCUT2D eigenvalue weighted by molar-refractivity contribution is 14.1. The van der Waals surface area contributed by atoms with E-state index in [0.29, 0.717) is 81.8 Å². The van der Waals surface area contributed by atoms with E-state index >= 15 is 0 Å². The number of anilines is 7. The first kappa shape index (κ1) is 80.4. The minimum Gasteiger partial charge on any atom is -0.384 e. The minimum atomic E-state index is -0.155. The van der Waals surface area contributed by atoms with Gasteiger partial charge < -0.3 is 38.5 Å². The minimum absolute atomic E-state index is 0.000385. The number of aryl methyl sites for hydroxylation is 6. The topological polar surface area (TPSA) is 313 Å². The summed E-state index contributed by atoms with van der Waals surface area (Å²) in [6.07, 6.45) is 31.2. The molecule has 0 unspecified atom stereocenters. The average molecular weight is 1800 g/mol. The average Bonchev–Trinajstić information content (AvgIpc) is 1.57. The highest BCUT2D eigenvalue weighted by Gasteiger charge is 2.36. The molecule has 0 fully saturated rings. The SMILES string of the molecule is CCc1c(-c2cc(Br)c(=O)n(C)c2)ccnc1N1CCn2c(cc3c2CCCC3)C1=O.CCc1c(-c2cc(Nc3ccc4c(n3)N=CC4)c(=O)n(C)c2)ccnc1N1CCn2c(cc3c2CCCC3)C1=O.CCc1c(N(O)O)ccnc1N1CCn2c(cc3c2CCCC3)C1=O.Cn1cc(I)cc(Br)c1=O.Nc1ccc2c(n1)N=CC2. The van der Waals surface area contributed by atoms with Gasteiger partial charge in [0.25, 0.3) is 34.4 Å². The second-order valence-electron chi connectivity index (χ2n) is 29.8. The summed E-state index contributed by atoms with van der Waals surface area (Å²) in [5.74, 6) is 4.46. The van der Waals surface area contributed by atoms with Crippen molar-refractivity contribution in [2.45, 2.75) is 150 Å². The van der Waals surface area contributed by atoms with Crippen molar-refractivity contribution in [1.82, 2.24) is 52.3 Å². The molecule has 27 nitrogen and oxygen atoms in total. The van der Waals surface area contributed by atoms with E-state index in [-0.39, 0.29) is 45.3 Å². The van der Waals surface area contributed by atoms with Crippen LogP contribution in [0.2, 0.25) is 0 Å². The van der Waals surface area contributed by atoms with Gasteiger partial charge in [0.1, 0.15) is 57.5 Å². The number of carbonyl (C=O) groups is 3. The Labute approximate surface area is 700 Å². The predicted molar refractivity (Wildman–Crippen MR) is 466 cm³/mol. The molecule has 5 N–H and O–H groups in total. The van der Waals surface area contributed by atoms with Crippen molar-refractivity contribution in [1.29, 1.82) is 0 Å². The molecule has 0 saturated heterocycles. The van der Waals surface area contributed by atoms with Crippen LogP contribution in [0.1, 0.15) is 152 Å². The fraction of sp³-hybridized carbons (Fsp3) is 0.337. The van der Waals surface area contributed by atoms with Gasteiger partial charge in [-0.1, -0.05) is 32.9 Å². The maximum Gasteiger partial charge on any atom is 0.276 e. The van der Waals surface area contributed by atoms with Crippen LogP contribution >= 0.6 is 54.5 Å². The number of aliphatic imine (C=N–C) groups is 2. The van der Waals surface area contributed by atoms with Crippen molar-refractivity contribution in [3.8, 4) is 22.3 Å². The van der Waals surface area contributed by atoms with Gasteiger partial charge in [-0.15, -0.1) is 5.23 Å². The summed E-state index contributed by atoms with van der Waals surface area (Å²) in [5.41, 5.74) is 24.7. The van der Waals surface area contributed by atoms with E-state index in [9.17, 15) is 39.2 Å². The van der Waals surface area contributed by atoms with Crippen LogP contribution < -0.4 is 47.7 Å². The standard InChI is InChI=1S/C31H31N7O2.C24H25BrN4O2.C18H22N4O3.C7H7N3.C6H5BrINO/c1-3-22-23(21-16-24(30(39)36(2)18-21)34-27-9-8-19-10-12-32-28(19)35-27)11-13-33-29(22)38-15-14-37-25-7-5-4-6-20(25)17-26(37)31(38)40;1-3-17-18(16-12-19(25)23(30)27(2)14-16)8-9-26-22(17)29-11-10-28-20-7-5-4-6-15(20)13-21(28)24(29)31;1-2-13-15(22(24)25)7-8-19-17(13)21-10-9-20-14-6-4-3-5-12(14)11-16(20)18(21)23;8-6-2-1-5-3-4-9-7(5)10-6;1-9-3-4(8)2-5(7)6(9)10/h8-9,11-13,16-18H,3-7,10,14-15H2,1-2H3,(H,34,35);8-9,12-14H,3-7,10-11H2,1-2H3;7-8,11,24-25H,2-6,9-10H2,1H3;1-2,4H,3H2,(H2,8,10);2-3H,1H3. The van der Waals surface area contributed by atoms with E-state index in [1.165, 1.54) is 84.6 Å². The Balaban J connectivity index is 0.000000124. The Morgan fingerprint density at radius 3 is 1.34 bits per heavy atom. The predicted octanol–water partition coefficient (Wildman–Crippen LogP) is 14.1. The Kier molecular flexibility index (Phi) is 23.9. The molecule has 0 aromatic carbocycles. The molecule has 5 aliphatic heterocycles. The molecule has 0 radical (unpaired) electrons. The first-order valence-electron chi connectivity index (χ1n) is 39.5. The Morgan fingerprint density at radius 1 is 0.474 bits per heavy atom. The van der Waals surface area contributed by atoms with Crippen molar-refractivity contribution >= 4 is 137 Å². The molecule has 0 spiro atoms. The maximum absolute atomic E-state index is 13.8. The highest BCUT2D eigenvalue weighted by Crippen LogP contribution is 2.40. The van der Waals surface area contributed by atoms with Crippen LogP contribution in [0.4, 0.5) is 52.1 Å². The molecule has 116 heavy (non-hydrogen) atoms. The number of halogens is 3. The lowest BCUT2D eigenvalue weighted by Gasteiger charge is -2.31. The molecule has 0 bridgehead atoms. The number of hydrogen-bond acceptors (Lipinski definition) is 18. The van der Waals surface area contributed by atoms with Gasteiger partial charge in [-0.2, -0.15) is 0 Å². The van der Waals surface area contributed by atoms with Crippen molar-refractivity contribution < 1.29 is 24.8 Å². The van der Waals surface area contributed by atoms with Crippen molar-refractivity contribution in [3.63, 3.8) is 0 Å². The summed E-state index contributed by atoms with van der Waals surface area (Å²) < 4.78 is 13.5. The first-order valence-corrected chi connectivity index (χ1v) is 42.1. The number of fused-ring (bicyclic) bond motifs is 11. The molecule has 3 aliphatic carbocycles. The van der Waals surface area contributed by atoms with Crippen molar-refractivity contribution in [3.05, 3.63) is 238 Å². The van der Waals surface area contributed by atoms with Gasteiger partial charge >= 0.3 is 0 Å². The Hall–Kier alpha value is -10.8. The number of nitrogen functional groups attached to an aromatic ring is 1. The molecule has 598 valence electrons. The maximum atomic E-state index is 13.8. The van der Waals surface area contributed by atoms with Gasteiger partial charge in [-0.25, -0.2) is 34.9 Å². The fourth-order valence-corrected chi connectivity index (χ4v) is 19.2. The number of carbonyl (C=O) groups excluding carboxylic acids is 3. The van der Waals surface area contributed by atoms with Gasteiger partial charge in [0.15, 0.2) is 11.6 Å². The third-order valence-corrected chi connectivity index (χ3v) is 24.4. The normalized spacial score (nSPS) is 15.2. The van der Waals surface area contributed by atoms with Crippen LogP contribution in [-0.2, 0) is 111 Å². The number of pyridine rings is 8. The number of nitrogens with two attached hydrogens (primary N) is 1. The first-order chi connectivity index (χ1) is 56.1. The number of aromatic nitrogens is 11. The van der Waals surface area contributed by atoms with E-state index in [1.54, 1.807) is 70.5 Å². The molecular formula is C86H90Br2IN19O8. The third kappa shape index (κ3) is 16.0. The summed E-state index contributed by atoms with van der Waals surface area (Å²) >= 11 is 8.69. The van der Waals surface area contributed by atoms with Gasteiger partial charge in [0.2, 0.25) is 0 Å². The van der Waals surface area contributed by atoms with E-state index < -0.39 is 0 Å². The molecule has 8 aliphatic rings. The van der Waals surface area contributed by atoms with Gasteiger partial charge in [0.05, 0.1) is 8.95 Å². The molecule has 16 heterocycles. The summed E-state index contributed by atoms with van der Waals surface area (Å²) in [6, 6.07) is 24.8. The zero-order chi connectivity index (χ0) is 81.3. The zero-order valence-electron chi connectivity index (χ0n) is 65.5. The number of hydrogen-bond donors (Lipinski definition) is 4. The Morgan fingerprint density at radius 2 is 0.888 bits per heavy atom. The van der Waals surface area contributed by atoms with E-state index in [2.05, 4.69) is 129 Å².